The predicted octanol–water partition coefficient (Wildman–Crippen LogP) is 4.94. The van der Waals surface area contributed by atoms with E-state index in [9.17, 15) is 4.79 Å². The second-order valence-corrected chi connectivity index (χ2v) is 9.60. The Morgan fingerprint density at radius 3 is 2.47 bits per heavy atom. The second kappa shape index (κ2) is 10.9. The summed E-state index contributed by atoms with van der Waals surface area (Å²) in [6.45, 7) is 9.15. The molecule has 1 aliphatic rings. The largest absolute Gasteiger partial charge is 0.497 e. The third-order valence-electron chi connectivity index (χ3n) is 6.79. The van der Waals surface area contributed by atoms with Crippen molar-refractivity contribution in [1.29, 1.82) is 0 Å². The molecule has 0 atom stereocenters. The maximum absolute atomic E-state index is 13.1. The number of carbonyl (C=O) groups is 1. The van der Waals surface area contributed by atoms with Crippen LogP contribution in [0.25, 0.3) is 11.4 Å². The van der Waals surface area contributed by atoms with E-state index >= 15 is 0 Å². The van der Waals surface area contributed by atoms with Crippen LogP contribution in [0.5, 0.6) is 5.75 Å². The average Bonchev–Trinajstić information content (AvgIpc) is 3.35. The topological polar surface area (TPSA) is 88.4 Å². The molecule has 2 aromatic carbocycles. The molecule has 0 radical (unpaired) electrons. The Kier molecular flexibility index (Phi) is 7.26. The van der Waals surface area contributed by atoms with Crippen LogP contribution in [0.15, 0.2) is 67.0 Å². The Hall–Kier alpha value is -4.40. The third-order valence-corrected chi connectivity index (χ3v) is 6.79. The van der Waals surface area contributed by atoms with E-state index in [1.807, 2.05) is 66.6 Å². The number of hydrogen-bond donors (Lipinski definition) is 1. The summed E-state index contributed by atoms with van der Waals surface area (Å²) in [5, 5.41) is 3.25. The van der Waals surface area contributed by atoms with Crippen molar-refractivity contribution in [3.63, 3.8) is 0 Å². The molecule has 9 nitrogen and oxygen atoms in total. The molecule has 1 aliphatic heterocycles. The quantitative estimate of drug-likeness (QED) is 0.376. The molecule has 0 spiro atoms. The van der Waals surface area contributed by atoms with Crippen molar-refractivity contribution >= 4 is 23.2 Å². The molecule has 0 bridgehead atoms. The lowest BCUT2D eigenvalue weighted by Gasteiger charge is -2.36. The first-order valence-electron chi connectivity index (χ1n) is 12.9. The van der Waals surface area contributed by atoms with Crippen LogP contribution in [0.2, 0.25) is 0 Å². The second-order valence-electron chi connectivity index (χ2n) is 9.60. The number of nitrogens with one attached hydrogen (secondary N) is 1. The van der Waals surface area contributed by atoms with Gasteiger partial charge in [-0.1, -0.05) is 6.07 Å². The number of hydrogen-bond acceptors (Lipinski definition) is 7. The molecule has 0 unspecified atom stereocenters. The molecule has 1 fully saturated rings. The van der Waals surface area contributed by atoms with Gasteiger partial charge in [0, 0.05) is 61.4 Å². The summed E-state index contributed by atoms with van der Waals surface area (Å²) >= 11 is 0. The van der Waals surface area contributed by atoms with Gasteiger partial charge in [0.1, 0.15) is 11.6 Å². The molecule has 3 heterocycles. The number of amides is 1. The molecule has 1 N–H and O–H groups in total. The van der Waals surface area contributed by atoms with Crippen molar-refractivity contribution in [2.45, 2.75) is 26.8 Å². The predicted molar refractivity (Wildman–Crippen MR) is 149 cm³/mol. The fraction of sp³-hybridized carbons (Fsp3) is 0.310. The van der Waals surface area contributed by atoms with Gasteiger partial charge in [-0.05, 0) is 63.2 Å². The highest BCUT2D eigenvalue weighted by Crippen LogP contribution is 2.25. The molecule has 4 aromatic rings. The van der Waals surface area contributed by atoms with E-state index in [1.54, 1.807) is 13.3 Å². The van der Waals surface area contributed by atoms with Gasteiger partial charge >= 0.3 is 0 Å². The van der Waals surface area contributed by atoms with Crippen LogP contribution in [0.3, 0.4) is 0 Å². The maximum Gasteiger partial charge on any atom is 0.253 e. The Balaban J connectivity index is 1.22. The van der Waals surface area contributed by atoms with Crippen LogP contribution in [-0.2, 0) is 0 Å². The van der Waals surface area contributed by atoms with Crippen molar-refractivity contribution < 1.29 is 9.53 Å². The number of imidazole rings is 1. The number of piperazine rings is 1. The fourth-order valence-corrected chi connectivity index (χ4v) is 4.84. The highest BCUT2D eigenvalue weighted by atomic mass is 16.5. The first-order chi connectivity index (χ1) is 18.4. The Morgan fingerprint density at radius 1 is 1.00 bits per heavy atom. The summed E-state index contributed by atoms with van der Waals surface area (Å²) in [6, 6.07) is 17.7. The normalized spacial score (nSPS) is 13.6. The molecule has 5 rings (SSSR count). The van der Waals surface area contributed by atoms with Crippen molar-refractivity contribution in [1.82, 2.24) is 24.4 Å². The summed E-state index contributed by atoms with van der Waals surface area (Å²) < 4.78 is 7.50. The molecular weight excluding hydrogens is 478 g/mol. The monoisotopic (exact) mass is 511 g/mol. The van der Waals surface area contributed by atoms with Crippen molar-refractivity contribution in [2.75, 3.05) is 43.5 Å². The van der Waals surface area contributed by atoms with E-state index in [2.05, 4.69) is 44.7 Å². The summed E-state index contributed by atoms with van der Waals surface area (Å²) in [5.41, 5.74) is 4.35. The van der Waals surface area contributed by atoms with Crippen LogP contribution in [-0.4, -0.2) is 63.6 Å². The van der Waals surface area contributed by atoms with Crippen molar-refractivity contribution in [3.8, 4) is 17.1 Å². The lowest BCUT2D eigenvalue weighted by Crippen LogP contribution is -2.48. The minimum absolute atomic E-state index is 0.0393. The molecule has 196 valence electrons. The van der Waals surface area contributed by atoms with E-state index in [-0.39, 0.29) is 11.9 Å². The van der Waals surface area contributed by atoms with Gasteiger partial charge in [0.15, 0.2) is 0 Å². The number of anilines is 3. The highest BCUT2D eigenvalue weighted by Gasteiger charge is 2.22. The number of rotatable bonds is 7. The van der Waals surface area contributed by atoms with E-state index in [1.165, 1.54) is 0 Å². The van der Waals surface area contributed by atoms with Gasteiger partial charge in [-0.15, -0.1) is 0 Å². The van der Waals surface area contributed by atoms with Crippen molar-refractivity contribution in [3.05, 3.63) is 78.4 Å². The number of ether oxygens (including phenoxy) is 1. The van der Waals surface area contributed by atoms with Gasteiger partial charge in [-0.3, -0.25) is 4.79 Å². The zero-order valence-corrected chi connectivity index (χ0v) is 22.3. The number of aromatic nitrogens is 4. The summed E-state index contributed by atoms with van der Waals surface area (Å²) in [4.78, 5) is 30.9. The van der Waals surface area contributed by atoms with Gasteiger partial charge in [-0.2, -0.15) is 0 Å². The SMILES string of the molecule is COc1cccc(N2CCN(C(=O)c3ccc(Nc4nccc(-c5cnc(C)n5C(C)C)n4)cc3)CC2)c1. The van der Waals surface area contributed by atoms with Crippen LogP contribution in [0.1, 0.15) is 36.1 Å². The lowest BCUT2D eigenvalue weighted by molar-refractivity contribution is 0.0747. The molecular formula is C29H33N7O2. The molecule has 2 aromatic heterocycles. The van der Waals surface area contributed by atoms with Gasteiger partial charge < -0.3 is 24.4 Å². The first-order valence-corrected chi connectivity index (χ1v) is 12.9. The lowest BCUT2D eigenvalue weighted by atomic mass is 10.1. The maximum atomic E-state index is 13.1. The van der Waals surface area contributed by atoms with Gasteiger partial charge in [0.05, 0.1) is 24.7 Å². The smallest absolute Gasteiger partial charge is 0.253 e. The Bertz CT molecular complexity index is 1410. The molecule has 38 heavy (non-hydrogen) atoms. The standard InChI is InChI=1S/C29H33N7O2/c1-20(2)36-21(3)31-19-27(36)26-12-13-30-29(33-26)32-23-10-8-22(9-11-23)28(37)35-16-14-34(15-17-35)24-6-5-7-25(18-24)38-4/h5-13,18-20H,14-17H2,1-4H3,(H,30,32,33). The fourth-order valence-electron chi connectivity index (χ4n) is 4.84. The molecule has 0 saturated carbocycles. The van der Waals surface area contributed by atoms with Gasteiger partial charge in [0.25, 0.3) is 5.91 Å². The van der Waals surface area contributed by atoms with Crippen LogP contribution < -0.4 is 15.0 Å². The third kappa shape index (κ3) is 5.32. The number of methoxy groups -OCH3 is 1. The van der Waals surface area contributed by atoms with Crippen LogP contribution in [0.4, 0.5) is 17.3 Å². The van der Waals surface area contributed by atoms with E-state index < -0.39 is 0 Å². The highest BCUT2D eigenvalue weighted by molar-refractivity contribution is 5.94. The number of carbonyl (C=O) groups excluding carboxylic acids is 1. The minimum Gasteiger partial charge on any atom is -0.497 e. The van der Waals surface area contributed by atoms with Gasteiger partial charge in [-0.25, -0.2) is 15.0 Å². The van der Waals surface area contributed by atoms with E-state index in [0.29, 0.717) is 24.6 Å². The van der Waals surface area contributed by atoms with Crippen LogP contribution >= 0.6 is 0 Å². The molecule has 0 aliphatic carbocycles. The minimum atomic E-state index is 0.0393. The number of aryl methyl sites for hydroxylation is 1. The molecule has 9 heteroatoms. The van der Waals surface area contributed by atoms with Crippen molar-refractivity contribution in [2.24, 2.45) is 0 Å². The van der Waals surface area contributed by atoms with Gasteiger partial charge in [0.2, 0.25) is 5.95 Å². The zero-order valence-electron chi connectivity index (χ0n) is 22.3. The van der Waals surface area contributed by atoms with E-state index in [0.717, 1.165) is 47.4 Å². The number of benzene rings is 2. The summed E-state index contributed by atoms with van der Waals surface area (Å²) in [7, 11) is 1.67. The molecule has 1 amide bonds. The Morgan fingerprint density at radius 2 is 1.76 bits per heavy atom. The van der Waals surface area contributed by atoms with Crippen LogP contribution in [0, 0.1) is 6.92 Å². The zero-order chi connectivity index (χ0) is 26.6. The molecule has 1 saturated heterocycles. The average molecular weight is 512 g/mol. The summed E-state index contributed by atoms with van der Waals surface area (Å²) in [6.07, 6.45) is 3.58. The number of nitrogens with zero attached hydrogens (tertiary/aromatic N) is 6. The van der Waals surface area contributed by atoms with E-state index in [4.69, 9.17) is 9.72 Å². The Labute approximate surface area is 223 Å². The summed E-state index contributed by atoms with van der Waals surface area (Å²) in [5.74, 6) is 2.32. The first kappa shape index (κ1) is 25.3.